The number of rotatable bonds is 7. The number of amides is 1. The average Bonchev–Trinajstić information content (AvgIpc) is 2.56. The van der Waals surface area contributed by atoms with E-state index in [1.54, 1.807) is 25.2 Å². The van der Waals surface area contributed by atoms with Gasteiger partial charge in [0, 0.05) is 31.0 Å². The first-order valence-electron chi connectivity index (χ1n) is 7.91. The molecule has 7 heteroatoms. The van der Waals surface area contributed by atoms with E-state index in [0.29, 0.717) is 28.8 Å². The molecule has 1 heterocycles. The SMILES string of the molecule is CCCCNC(=O)c1cc(Nc2nc(C)cc(NC)n2)ccc1Cl. The number of halogens is 1. The number of aryl methyl sites for hydroxylation is 1. The van der Waals surface area contributed by atoms with Gasteiger partial charge in [-0.15, -0.1) is 0 Å². The molecule has 2 aromatic rings. The summed E-state index contributed by atoms with van der Waals surface area (Å²) >= 11 is 6.15. The zero-order valence-electron chi connectivity index (χ0n) is 14.1. The maximum Gasteiger partial charge on any atom is 0.252 e. The Hall–Kier alpha value is -2.34. The van der Waals surface area contributed by atoms with Gasteiger partial charge in [-0.3, -0.25) is 4.79 Å². The van der Waals surface area contributed by atoms with Crippen molar-refractivity contribution in [1.29, 1.82) is 0 Å². The predicted octanol–water partition coefficient (Wildman–Crippen LogP) is 3.75. The number of carbonyl (C=O) groups is 1. The number of aromatic nitrogens is 2. The first-order chi connectivity index (χ1) is 11.5. The van der Waals surface area contributed by atoms with Gasteiger partial charge in [-0.2, -0.15) is 4.98 Å². The number of nitrogens with zero attached hydrogens (tertiary/aromatic N) is 2. The molecule has 0 saturated heterocycles. The monoisotopic (exact) mass is 347 g/mol. The maximum atomic E-state index is 12.2. The van der Waals surface area contributed by atoms with E-state index in [1.807, 2.05) is 13.0 Å². The maximum absolute atomic E-state index is 12.2. The highest BCUT2D eigenvalue weighted by atomic mass is 35.5. The van der Waals surface area contributed by atoms with Crippen LogP contribution in [0.5, 0.6) is 0 Å². The van der Waals surface area contributed by atoms with Gasteiger partial charge in [-0.1, -0.05) is 24.9 Å². The van der Waals surface area contributed by atoms with Gasteiger partial charge in [-0.25, -0.2) is 4.98 Å². The van der Waals surface area contributed by atoms with Crippen LogP contribution in [0.4, 0.5) is 17.5 Å². The summed E-state index contributed by atoms with van der Waals surface area (Å²) in [5, 5.41) is 9.37. The van der Waals surface area contributed by atoms with Crippen LogP contribution >= 0.6 is 11.6 Å². The quantitative estimate of drug-likeness (QED) is 0.665. The Kier molecular flexibility index (Phi) is 6.37. The fraction of sp³-hybridized carbons (Fsp3) is 0.353. The zero-order chi connectivity index (χ0) is 17.5. The molecule has 0 atom stereocenters. The Morgan fingerprint density at radius 2 is 2.04 bits per heavy atom. The lowest BCUT2D eigenvalue weighted by atomic mass is 10.2. The van der Waals surface area contributed by atoms with Crippen LogP contribution in [0.1, 0.15) is 35.8 Å². The van der Waals surface area contributed by atoms with Gasteiger partial charge in [-0.05, 0) is 31.5 Å². The molecule has 3 N–H and O–H groups in total. The van der Waals surface area contributed by atoms with Crippen molar-refractivity contribution in [3.63, 3.8) is 0 Å². The van der Waals surface area contributed by atoms with Crippen molar-refractivity contribution in [2.45, 2.75) is 26.7 Å². The Balaban J connectivity index is 2.18. The number of unbranched alkanes of at least 4 members (excludes halogenated alkanes) is 1. The summed E-state index contributed by atoms with van der Waals surface area (Å²) in [4.78, 5) is 20.9. The molecule has 0 saturated carbocycles. The molecule has 0 bridgehead atoms. The fourth-order valence-electron chi connectivity index (χ4n) is 2.13. The van der Waals surface area contributed by atoms with Gasteiger partial charge in [0.25, 0.3) is 5.91 Å². The molecule has 0 radical (unpaired) electrons. The van der Waals surface area contributed by atoms with Crippen molar-refractivity contribution in [2.75, 3.05) is 24.2 Å². The molecule has 6 nitrogen and oxygen atoms in total. The first-order valence-corrected chi connectivity index (χ1v) is 8.29. The number of hydrogen-bond donors (Lipinski definition) is 3. The van der Waals surface area contributed by atoms with Crippen molar-refractivity contribution >= 4 is 35.0 Å². The van der Waals surface area contributed by atoms with Crippen molar-refractivity contribution in [3.05, 3.63) is 40.5 Å². The van der Waals surface area contributed by atoms with Crippen LogP contribution in [0.2, 0.25) is 5.02 Å². The molecule has 0 unspecified atom stereocenters. The van der Waals surface area contributed by atoms with Crippen molar-refractivity contribution < 1.29 is 4.79 Å². The molecule has 0 aliphatic heterocycles. The van der Waals surface area contributed by atoms with Crippen molar-refractivity contribution in [1.82, 2.24) is 15.3 Å². The first kappa shape index (κ1) is 18.0. The van der Waals surface area contributed by atoms with E-state index >= 15 is 0 Å². The minimum atomic E-state index is -0.182. The summed E-state index contributed by atoms with van der Waals surface area (Å²) in [6.07, 6.45) is 1.96. The lowest BCUT2D eigenvalue weighted by Crippen LogP contribution is -2.24. The summed E-state index contributed by atoms with van der Waals surface area (Å²) in [6.45, 7) is 4.60. The van der Waals surface area contributed by atoms with Gasteiger partial charge in [0.15, 0.2) is 0 Å². The highest BCUT2D eigenvalue weighted by molar-refractivity contribution is 6.34. The molecule has 0 spiro atoms. The molecule has 1 aromatic carbocycles. The van der Waals surface area contributed by atoms with Gasteiger partial charge < -0.3 is 16.0 Å². The van der Waals surface area contributed by atoms with Gasteiger partial charge >= 0.3 is 0 Å². The predicted molar refractivity (Wildman–Crippen MR) is 98.3 cm³/mol. The molecular weight excluding hydrogens is 326 g/mol. The van der Waals surface area contributed by atoms with Gasteiger partial charge in [0.05, 0.1) is 10.6 Å². The lowest BCUT2D eigenvalue weighted by Gasteiger charge is -2.11. The van der Waals surface area contributed by atoms with E-state index in [4.69, 9.17) is 11.6 Å². The van der Waals surface area contributed by atoms with Crippen LogP contribution in [0, 0.1) is 6.92 Å². The molecule has 2 rings (SSSR count). The largest absolute Gasteiger partial charge is 0.373 e. The molecule has 0 aliphatic rings. The molecule has 24 heavy (non-hydrogen) atoms. The van der Waals surface area contributed by atoms with Crippen molar-refractivity contribution in [2.24, 2.45) is 0 Å². The summed E-state index contributed by atoms with van der Waals surface area (Å²) in [6, 6.07) is 7.03. The van der Waals surface area contributed by atoms with Crippen LogP contribution in [0.25, 0.3) is 0 Å². The topological polar surface area (TPSA) is 78.9 Å². The number of carbonyl (C=O) groups excluding carboxylic acids is 1. The van der Waals surface area contributed by atoms with Crippen LogP contribution in [0.3, 0.4) is 0 Å². The minimum absolute atomic E-state index is 0.182. The smallest absolute Gasteiger partial charge is 0.252 e. The van der Waals surface area contributed by atoms with Crippen LogP contribution < -0.4 is 16.0 Å². The highest BCUT2D eigenvalue weighted by Gasteiger charge is 2.11. The van der Waals surface area contributed by atoms with E-state index in [2.05, 4.69) is 32.8 Å². The Morgan fingerprint density at radius 3 is 2.75 bits per heavy atom. The van der Waals surface area contributed by atoms with Crippen LogP contribution in [-0.2, 0) is 0 Å². The van der Waals surface area contributed by atoms with E-state index in [0.717, 1.165) is 24.4 Å². The second-order valence-corrected chi connectivity index (χ2v) is 5.80. The standard InChI is InChI=1S/C17H22ClN5O/c1-4-5-8-20-16(24)13-10-12(6-7-14(13)18)22-17-21-11(2)9-15(19-3)23-17/h6-7,9-10H,4-5,8H2,1-3H3,(H,20,24)(H2,19,21,22,23). The summed E-state index contributed by atoms with van der Waals surface area (Å²) in [7, 11) is 1.80. The van der Waals surface area contributed by atoms with Gasteiger partial charge in [0.2, 0.25) is 5.95 Å². The second kappa shape index (κ2) is 8.49. The molecule has 128 valence electrons. The minimum Gasteiger partial charge on any atom is -0.373 e. The third kappa shape index (κ3) is 4.83. The third-order valence-corrected chi connectivity index (χ3v) is 3.72. The van der Waals surface area contributed by atoms with Crippen molar-refractivity contribution in [3.8, 4) is 0 Å². The molecule has 0 fully saturated rings. The second-order valence-electron chi connectivity index (χ2n) is 5.40. The third-order valence-electron chi connectivity index (χ3n) is 3.39. The van der Waals surface area contributed by atoms with E-state index in [9.17, 15) is 4.79 Å². The van der Waals surface area contributed by atoms with E-state index in [1.165, 1.54) is 0 Å². The number of benzene rings is 1. The zero-order valence-corrected chi connectivity index (χ0v) is 14.9. The van der Waals surface area contributed by atoms with Gasteiger partial charge in [0.1, 0.15) is 5.82 Å². The number of hydrogen-bond acceptors (Lipinski definition) is 5. The number of anilines is 3. The normalized spacial score (nSPS) is 10.3. The number of nitrogens with one attached hydrogen (secondary N) is 3. The summed E-state index contributed by atoms with van der Waals surface area (Å²) in [5.41, 5.74) is 1.97. The summed E-state index contributed by atoms with van der Waals surface area (Å²) in [5.74, 6) is 0.994. The van der Waals surface area contributed by atoms with Crippen LogP contribution in [-0.4, -0.2) is 29.5 Å². The van der Waals surface area contributed by atoms with E-state index in [-0.39, 0.29) is 5.91 Å². The fourth-order valence-corrected chi connectivity index (χ4v) is 2.34. The highest BCUT2D eigenvalue weighted by Crippen LogP contribution is 2.23. The lowest BCUT2D eigenvalue weighted by molar-refractivity contribution is 0.0953. The Morgan fingerprint density at radius 1 is 1.25 bits per heavy atom. The molecule has 1 aromatic heterocycles. The Bertz CT molecular complexity index is 720. The van der Waals surface area contributed by atoms with Crippen LogP contribution in [0.15, 0.2) is 24.3 Å². The molecule has 0 aliphatic carbocycles. The summed E-state index contributed by atoms with van der Waals surface area (Å²) < 4.78 is 0. The Labute approximate surface area is 147 Å². The molecular formula is C17H22ClN5O. The average molecular weight is 348 g/mol. The molecule has 1 amide bonds. The van der Waals surface area contributed by atoms with E-state index < -0.39 is 0 Å².